The standard InChI is InChI=1S/C12H17BrN2O2/c1-8(7-14)5-12(16)15-9-3-4-10(13)11(6-9)17-2/h3-4,6,8H,5,7,14H2,1-2H3,(H,15,16). The molecular weight excluding hydrogens is 284 g/mol. The minimum absolute atomic E-state index is 0.0349. The van der Waals surface area contributed by atoms with Crippen molar-refractivity contribution in [3.8, 4) is 5.75 Å². The summed E-state index contributed by atoms with van der Waals surface area (Å²) in [5, 5.41) is 2.81. The summed E-state index contributed by atoms with van der Waals surface area (Å²) in [7, 11) is 1.59. The molecule has 0 heterocycles. The van der Waals surface area contributed by atoms with Crippen molar-refractivity contribution in [2.75, 3.05) is 19.0 Å². The Balaban J connectivity index is 2.65. The molecule has 0 fully saturated rings. The van der Waals surface area contributed by atoms with E-state index in [2.05, 4.69) is 21.2 Å². The maximum absolute atomic E-state index is 11.6. The fourth-order valence-electron chi connectivity index (χ4n) is 1.35. The first-order chi connectivity index (χ1) is 8.06. The van der Waals surface area contributed by atoms with Crippen molar-refractivity contribution in [3.63, 3.8) is 0 Å². The molecule has 0 aliphatic rings. The van der Waals surface area contributed by atoms with Gasteiger partial charge >= 0.3 is 0 Å². The summed E-state index contributed by atoms with van der Waals surface area (Å²) in [4.78, 5) is 11.6. The molecule has 1 unspecified atom stereocenters. The Kier molecular flexibility index (Phi) is 5.44. The first-order valence-electron chi connectivity index (χ1n) is 5.40. The summed E-state index contributed by atoms with van der Waals surface area (Å²) < 4.78 is 6.01. The number of amides is 1. The quantitative estimate of drug-likeness (QED) is 0.877. The maximum Gasteiger partial charge on any atom is 0.224 e. The van der Waals surface area contributed by atoms with Crippen molar-refractivity contribution in [3.05, 3.63) is 22.7 Å². The molecule has 0 spiro atoms. The highest BCUT2D eigenvalue weighted by Crippen LogP contribution is 2.27. The lowest BCUT2D eigenvalue weighted by Crippen LogP contribution is -2.20. The summed E-state index contributed by atoms with van der Waals surface area (Å²) in [5.41, 5.74) is 6.19. The van der Waals surface area contributed by atoms with Crippen LogP contribution in [0.3, 0.4) is 0 Å². The molecule has 1 aromatic carbocycles. The molecule has 0 aliphatic heterocycles. The van der Waals surface area contributed by atoms with Crippen LogP contribution in [0.15, 0.2) is 22.7 Å². The third-order valence-electron chi connectivity index (χ3n) is 2.37. The van der Waals surface area contributed by atoms with Crippen LogP contribution in [0, 0.1) is 5.92 Å². The Labute approximate surface area is 110 Å². The Morgan fingerprint density at radius 1 is 1.59 bits per heavy atom. The number of nitrogens with two attached hydrogens (primary N) is 1. The van der Waals surface area contributed by atoms with Gasteiger partial charge in [0, 0.05) is 18.2 Å². The minimum Gasteiger partial charge on any atom is -0.495 e. The molecule has 0 aromatic heterocycles. The van der Waals surface area contributed by atoms with Gasteiger partial charge in [-0.3, -0.25) is 4.79 Å². The van der Waals surface area contributed by atoms with Gasteiger partial charge in [0.1, 0.15) is 5.75 Å². The van der Waals surface area contributed by atoms with Gasteiger partial charge in [-0.1, -0.05) is 6.92 Å². The molecule has 5 heteroatoms. The highest BCUT2D eigenvalue weighted by atomic mass is 79.9. The van der Waals surface area contributed by atoms with E-state index < -0.39 is 0 Å². The second-order valence-electron chi connectivity index (χ2n) is 3.94. The van der Waals surface area contributed by atoms with E-state index >= 15 is 0 Å². The lowest BCUT2D eigenvalue weighted by atomic mass is 10.1. The van der Waals surface area contributed by atoms with Crippen molar-refractivity contribution >= 4 is 27.5 Å². The zero-order valence-corrected chi connectivity index (χ0v) is 11.6. The van der Waals surface area contributed by atoms with Crippen LogP contribution >= 0.6 is 15.9 Å². The second kappa shape index (κ2) is 6.61. The van der Waals surface area contributed by atoms with Gasteiger partial charge in [-0.2, -0.15) is 0 Å². The molecule has 1 amide bonds. The van der Waals surface area contributed by atoms with Crippen molar-refractivity contribution in [2.24, 2.45) is 11.7 Å². The van der Waals surface area contributed by atoms with Crippen molar-refractivity contribution in [1.82, 2.24) is 0 Å². The highest BCUT2D eigenvalue weighted by Gasteiger charge is 2.09. The van der Waals surface area contributed by atoms with Gasteiger partial charge in [0.15, 0.2) is 0 Å². The van der Waals surface area contributed by atoms with Crippen molar-refractivity contribution in [1.29, 1.82) is 0 Å². The van der Waals surface area contributed by atoms with E-state index in [9.17, 15) is 4.79 Å². The number of rotatable bonds is 5. The Hall–Kier alpha value is -1.07. The number of anilines is 1. The molecule has 3 N–H and O–H groups in total. The average Bonchev–Trinajstić information content (AvgIpc) is 2.31. The normalized spacial score (nSPS) is 12.0. The summed E-state index contributed by atoms with van der Waals surface area (Å²) in [5.74, 6) is 0.842. The van der Waals surface area contributed by atoms with E-state index in [1.807, 2.05) is 19.1 Å². The van der Waals surface area contributed by atoms with Crippen LogP contribution in [0.4, 0.5) is 5.69 Å². The molecular formula is C12H17BrN2O2. The molecule has 0 aliphatic carbocycles. The Morgan fingerprint density at radius 2 is 2.29 bits per heavy atom. The van der Waals surface area contributed by atoms with Crippen LogP contribution in [0.25, 0.3) is 0 Å². The highest BCUT2D eigenvalue weighted by molar-refractivity contribution is 9.10. The third-order valence-corrected chi connectivity index (χ3v) is 3.03. The van der Waals surface area contributed by atoms with E-state index in [1.165, 1.54) is 0 Å². The van der Waals surface area contributed by atoms with Gasteiger partial charge in [0.05, 0.1) is 11.6 Å². The van der Waals surface area contributed by atoms with Crippen LogP contribution in [0.1, 0.15) is 13.3 Å². The van der Waals surface area contributed by atoms with Crippen molar-refractivity contribution in [2.45, 2.75) is 13.3 Å². The lowest BCUT2D eigenvalue weighted by molar-refractivity contribution is -0.116. The number of halogens is 1. The number of nitrogens with one attached hydrogen (secondary N) is 1. The van der Waals surface area contributed by atoms with Gasteiger partial charge in [-0.25, -0.2) is 0 Å². The number of hydrogen-bond acceptors (Lipinski definition) is 3. The average molecular weight is 301 g/mol. The van der Waals surface area contributed by atoms with Crippen LogP contribution in [-0.2, 0) is 4.79 Å². The first-order valence-corrected chi connectivity index (χ1v) is 6.19. The fourth-order valence-corrected chi connectivity index (χ4v) is 1.76. The zero-order chi connectivity index (χ0) is 12.8. The number of hydrogen-bond donors (Lipinski definition) is 2. The van der Waals surface area contributed by atoms with E-state index in [0.717, 1.165) is 10.2 Å². The molecule has 0 saturated carbocycles. The second-order valence-corrected chi connectivity index (χ2v) is 4.80. The molecule has 0 bridgehead atoms. The van der Waals surface area contributed by atoms with E-state index in [-0.39, 0.29) is 11.8 Å². The number of methoxy groups -OCH3 is 1. The molecule has 1 aromatic rings. The van der Waals surface area contributed by atoms with E-state index in [1.54, 1.807) is 13.2 Å². The van der Waals surface area contributed by atoms with E-state index in [4.69, 9.17) is 10.5 Å². The molecule has 4 nitrogen and oxygen atoms in total. The van der Waals surface area contributed by atoms with Gasteiger partial charge < -0.3 is 15.8 Å². The van der Waals surface area contributed by atoms with Gasteiger partial charge in [0.25, 0.3) is 0 Å². The maximum atomic E-state index is 11.6. The fraction of sp³-hybridized carbons (Fsp3) is 0.417. The number of ether oxygens (including phenoxy) is 1. The first kappa shape index (κ1) is 14.0. The number of benzene rings is 1. The third kappa shape index (κ3) is 4.36. The van der Waals surface area contributed by atoms with Crippen LogP contribution in [0.5, 0.6) is 5.75 Å². The molecule has 94 valence electrons. The van der Waals surface area contributed by atoms with Crippen LogP contribution in [-0.4, -0.2) is 19.6 Å². The lowest BCUT2D eigenvalue weighted by Gasteiger charge is -2.10. The smallest absolute Gasteiger partial charge is 0.224 e. The molecule has 17 heavy (non-hydrogen) atoms. The zero-order valence-electron chi connectivity index (χ0n) is 10.00. The topological polar surface area (TPSA) is 64.3 Å². The summed E-state index contributed by atoms with van der Waals surface area (Å²) in [6, 6.07) is 5.42. The minimum atomic E-state index is -0.0349. The van der Waals surface area contributed by atoms with E-state index in [0.29, 0.717) is 18.7 Å². The number of carbonyl (C=O) groups excluding carboxylic acids is 1. The molecule has 1 atom stereocenters. The molecule has 1 rings (SSSR count). The Morgan fingerprint density at radius 3 is 2.88 bits per heavy atom. The largest absolute Gasteiger partial charge is 0.495 e. The summed E-state index contributed by atoms with van der Waals surface area (Å²) in [6.45, 7) is 2.46. The predicted octanol–water partition coefficient (Wildman–Crippen LogP) is 2.38. The monoisotopic (exact) mass is 300 g/mol. The Bertz CT molecular complexity index is 396. The molecule has 0 saturated heterocycles. The molecule has 0 radical (unpaired) electrons. The summed E-state index contributed by atoms with van der Waals surface area (Å²) in [6.07, 6.45) is 0.425. The van der Waals surface area contributed by atoms with Gasteiger partial charge in [-0.05, 0) is 40.5 Å². The van der Waals surface area contributed by atoms with Crippen LogP contribution < -0.4 is 15.8 Å². The summed E-state index contributed by atoms with van der Waals surface area (Å²) >= 11 is 3.35. The van der Waals surface area contributed by atoms with Crippen molar-refractivity contribution < 1.29 is 9.53 Å². The number of carbonyl (C=O) groups is 1. The van der Waals surface area contributed by atoms with Gasteiger partial charge in [-0.15, -0.1) is 0 Å². The predicted molar refractivity (Wildman–Crippen MR) is 72.2 cm³/mol. The SMILES string of the molecule is COc1cc(NC(=O)CC(C)CN)ccc1Br. The van der Waals surface area contributed by atoms with Crippen LogP contribution in [0.2, 0.25) is 0 Å². The van der Waals surface area contributed by atoms with Gasteiger partial charge in [0.2, 0.25) is 5.91 Å².